The van der Waals surface area contributed by atoms with Gasteiger partial charge in [-0.1, -0.05) is 12.1 Å². The molecule has 1 aliphatic carbocycles. The summed E-state index contributed by atoms with van der Waals surface area (Å²) in [6.45, 7) is 3.48. The Kier molecular flexibility index (Phi) is 6.06. The van der Waals surface area contributed by atoms with E-state index in [9.17, 15) is 14.0 Å². The third-order valence-electron chi connectivity index (χ3n) is 5.95. The van der Waals surface area contributed by atoms with E-state index in [2.05, 4.69) is 20.8 Å². The second kappa shape index (κ2) is 8.89. The fourth-order valence-electron chi connectivity index (χ4n) is 3.96. The Morgan fingerprint density at radius 3 is 2.67 bits per heavy atom. The Bertz CT molecular complexity index is 895. The van der Waals surface area contributed by atoms with Gasteiger partial charge in [-0.2, -0.15) is 0 Å². The van der Waals surface area contributed by atoms with Crippen molar-refractivity contribution in [3.05, 3.63) is 41.5 Å². The van der Waals surface area contributed by atoms with Gasteiger partial charge in [-0.3, -0.25) is 9.59 Å². The lowest BCUT2D eigenvalue weighted by atomic mass is 9.95. The molecule has 2 fully saturated rings. The van der Waals surface area contributed by atoms with Gasteiger partial charge in [0.2, 0.25) is 11.8 Å². The number of tetrazole rings is 1. The van der Waals surface area contributed by atoms with Crippen LogP contribution in [0.25, 0.3) is 0 Å². The molecule has 160 valence electrons. The number of hydrogen-bond acceptors (Lipinski definition) is 5. The third kappa shape index (κ3) is 4.83. The topological polar surface area (TPSA) is 93.0 Å². The highest BCUT2D eigenvalue weighted by molar-refractivity contribution is 5.83. The summed E-state index contributed by atoms with van der Waals surface area (Å²) in [5.74, 6) is 0.561. The molecule has 8 nitrogen and oxygen atoms in total. The number of halogens is 1. The Balaban J connectivity index is 1.48. The van der Waals surface area contributed by atoms with Crippen LogP contribution in [-0.2, 0) is 16.0 Å². The molecule has 30 heavy (non-hydrogen) atoms. The minimum atomic E-state index is -0.640. The lowest BCUT2D eigenvalue weighted by molar-refractivity contribution is -0.139. The van der Waals surface area contributed by atoms with Crippen LogP contribution in [0.5, 0.6) is 0 Å². The van der Waals surface area contributed by atoms with Gasteiger partial charge < -0.3 is 10.2 Å². The zero-order chi connectivity index (χ0) is 21.1. The summed E-state index contributed by atoms with van der Waals surface area (Å²) < 4.78 is 14.8. The maximum absolute atomic E-state index is 13.5. The number of rotatable bonds is 7. The van der Waals surface area contributed by atoms with Crippen molar-refractivity contribution in [2.45, 2.75) is 45.1 Å². The minimum absolute atomic E-state index is 0.0353. The van der Waals surface area contributed by atoms with E-state index in [-0.39, 0.29) is 23.5 Å². The van der Waals surface area contributed by atoms with E-state index in [4.69, 9.17) is 0 Å². The molecule has 1 aromatic carbocycles. The number of nitrogens with one attached hydrogen (secondary N) is 1. The lowest BCUT2D eigenvalue weighted by Gasteiger charge is -2.34. The molecule has 9 heteroatoms. The van der Waals surface area contributed by atoms with Gasteiger partial charge >= 0.3 is 0 Å². The molecule has 1 N–H and O–H groups in total. The molecule has 2 atom stereocenters. The van der Waals surface area contributed by atoms with Crippen molar-refractivity contribution < 1.29 is 14.0 Å². The van der Waals surface area contributed by atoms with E-state index < -0.39 is 6.04 Å². The first-order valence-electron chi connectivity index (χ1n) is 10.6. The summed E-state index contributed by atoms with van der Waals surface area (Å²) in [4.78, 5) is 27.8. The number of aromatic nitrogens is 4. The molecular formula is C21H27FN6O2. The zero-order valence-corrected chi connectivity index (χ0v) is 17.1. The van der Waals surface area contributed by atoms with Crippen LogP contribution in [0.1, 0.15) is 43.1 Å². The van der Waals surface area contributed by atoms with Gasteiger partial charge in [0.15, 0.2) is 0 Å². The average molecular weight is 414 g/mol. The number of aryl methyl sites for hydroxylation is 1. The monoisotopic (exact) mass is 414 g/mol. The fourth-order valence-corrected chi connectivity index (χ4v) is 3.96. The highest BCUT2D eigenvalue weighted by atomic mass is 19.1. The van der Waals surface area contributed by atoms with Crippen molar-refractivity contribution in [3.8, 4) is 0 Å². The summed E-state index contributed by atoms with van der Waals surface area (Å²) in [5, 5.41) is 14.6. The predicted molar refractivity (Wildman–Crippen MR) is 107 cm³/mol. The first-order chi connectivity index (χ1) is 14.5. The molecule has 1 saturated carbocycles. The highest BCUT2D eigenvalue weighted by Crippen LogP contribution is 2.28. The molecule has 0 spiro atoms. The van der Waals surface area contributed by atoms with Crippen LogP contribution in [0.4, 0.5) is 4.39 Å². The average Bonchev–Trinajstić information content (AvgIpc) is 3.50. The molecular weight excluding hydrogens is 387 g/mol. The standard InChI is InChI=1S/C21H27FN6O2/c1-14-24-25-26-28(14)19(11-15-6-8-18(22)9-7-15)21(30)27-10-2-3-17(13-27)20(29)23-12-16-4-5-16/h6-9,16-17,19H,2-5,10-13H2,1H3,(H,23,29)/t17-,19-/m0/s1. The Morgan fingerprint density at radius 1 is 1.23 bits per heavy atom. The van der Waals surface area contributed by atoms with Crippen molar-refractivity contribution in [1.29, 1.82) is 0 Å². The number of piperidine rings is 1. The smallest absolute Gasteiger partial charge is 0.247 e. The van der Waals surface area contributed by atoms with E-state index in [1.807, 2.05) is 0 Å². The Morgan fingerprint density at radius 2 is 2.00 bits per heavy atom. The largest absolute Gasteiger partial charge is 0.356 e. The number of amides is 2. The summed E-state index contributed by atoms with van der Waals surface area (Å²) in [7, 11) is 0. The van der Waals surface area contributed by atoms with Crippen LogP contribution in [0.2, 0.25) is 0 Å². The van der Waals surface area contributed by atoms with Gasteiger partial charge in [-0.25, -0.2) is 9.07 Å². The van der Waals surface area contributed by atoms with Crippen molar-refractivity contribution in [1.82, 2.24) is 30.4 Å². The predicted octanol–water partition coefficient (Wildman–Crippen LogP) is 1.67. The second-order valence-corrected chi connectivity index (χ2v) is 8.33. The fraction of sp³-hybridized carbons (Fsp3) is 0.571. The van der Waals surface area contributed by atoms with E-state index in [1.54, 1.807) is 24.0 Å². The van der Waals surface area contributed by atoms with Gasteiger partial charge in [0.1, 0.15) is 17.7 Å². The molecule has 0 unspecified atom stereocenters. The Labute approximate surface area is 174 Å². The number of nitrogens with zero attached hydrogens (tertiary/aromatic N) is 5. The van der Waals surface area contributed by atoms with Crippen LogP contribution in [0.15, 0.2) is 24.3 Å². The second-order valence-electron chi connectivity index (χ2n) is 8.33. The molecule has 0 radical (unpaired) electrons. The van der Waals surface area contributed by atoms with Crippen LogP contribution in [0, 0.1) is 24.6 Å². The van der Waals surface area contributed by atoms with Gasteiger partial charge in [-0.05, 0) is 66.6 Å². The number of carbonyl (C=O) groups excluding carboxylic acids is 2. The van der Waals surface area contributed by atoms with Crippen molar-refractivity contribution in [2.75, 3.05) is 19.6 Å². The van der Waals surface area contributed by atoms with E-state index in [1.165, 1.54) is 29.7 Å². The van der Waals surface area contributed by atoms with E-state index in [0.717, 1.165) is 24.9 Å². The molecule has 1 saturated heterocycles. The highest BCUT2D eigenvalue weighted by Gasteiger charge is 2.34. The quantitative estimate of drug-likeness (QED) is 0.744. The maximum atomic E-state index is 13.5. The third-order valence-corrected chi connectivity index (χ3v) is 5.95. The first kappa shape index (κ1) is 20.4. The van der Waals surface area contributed by atoms with Crippen molar-refractivity contribution in [3.63, 3.8) is 0 Å². The number of benzene rings is 1. The van der Waals surface area contributed by atoms with E-state index >= 15 is 0 Å². The van der Waals surface area contributed by atoms with Crippen molar-refractivity contribution in [2.24, 2.45) is 11.8 Å². The molecule has 4 rings (SSSR count). The lowest BCUT2D eigenvalue weighted by Crippen LogP contribution is -2.48. The van der Waals surface area contributed by atoms with Crippen LogP contribution in [-0.4, -0.2) is 56.6 Å². The first-order valence-corrected chi connectivity index (χ1v) is 10.6. The van der Waals surface area contributed by atoms with Crippen molar-refractivity contribution >= 4 is 11.8 Å². The van der Waals surface area contributed by atoms with Crippen LogP contribution in [0.3, 0.4) is 0 Å². The SMILES string of the molecule is Cc1nnnn1[C@@H](Cc1ccc(F)cc1)C(=O)N1CCC[C@H](C(=O)NCC2CC2)C1. The number of carbonyl (C=O) groups is 2. The molecule has 2 heterocycles. The number of likely N-dealkylation sites (tertiary alicyclic amines) is 1. The molecule has 0 bridgehead atoms. The van der Waals surface area contributed by atoms with E-state index in [0.29, 0.717) is 31.3 Å². The molecule has 1 aromatic heterocycles. The number of hydrogen-bond donors (Lipinski definition) is 1. The normalized spacial score (nSPS) is 20.1. The van der Waals surface area contributed by atoms with Crippen LogP contribution < -0.4 is 5.32 Å². The summed E-state index contributed by atoms with van der Waals surface area (Å²) in [6, 6.07) is 5.45. The molecule has 2 amide bonds. The van der Waals surface area contributed by atoms with Gasteiger partial charge in [0.05, 0.1) is 5.92 Å². The molecule has 2 aliphatic rings. The van der Waals surface area contributed by atoms with Gasteiger partial charge in [0, 0.05) is 26.1 Å². The summed E-state index contributed by atoms with van der Waals surface area (Å²) >= 11 is 0. The maximum Gasteiger partial charge on any atom is 0.247 e. The minimum Gasteiger partial charge on any atom is -0.356 e. The zero-order valence-electron chi connectivity index (χ0n) is 17.1. The Hall–Kier alpha value is -2.84. The molecule has 2 aromatic rings. The van der Waals surface area contributed by atoms with Gasteiger partial charge in [-0.15, -0.1) is 5.10 Å². The summed E-state index contributed by atoms with van der Waals surface area (Å²) in [5.41, 5.74) is 0.820. The van der Waals surface area contributed by atoms with Gasteiger partial charge in [0.25, 0.3) is 0 Å². The molecule has 1 aliphatic heterocycles. The van der Waals surface area contributed by atoms with Crippen LogP contribution >= 0.6 is 0 Å². The summed E-state index contributed by atoms with van der Waals surface area (Å²) in [6.07, 6.45) is 4.29.